The van der Waals surface area contributed by atoms with Gasteiger partial charge in [0, 0.05) is 27.3 Å². The highest BCUT2D eigenvalue weighted by molar-refractivity contribution is 5.93. The number of alkyl carbamates (subject to hydrolysis) is 1. The largest absolute Gasteiger partial charge is 0.481 e. The topological polar surface area (TPSA) is 299 Å². The van der Waals surface area contributed by atoms with Crippen molar-refractivity contribution in [1.82, 2.24) is 42.1 Å². The zero-order valence-corrected chi connectivity index (χ0v) is 47.4. The van der Waals surface area contributed by atoms with Gasteiger partial charge in [0.2, 0.25) is 17.7 Å². The van der Waals surface area contributed by atoms with Crippen LogP contribution in [0, 0.1) is 23.7 Å². The molecule has 0 bridgehead atoms. The average Bonchev–Trinajstić information content (AvgIpc) is 3.33. The molecule has 74 heavy (non-hydrogen) atoms. The number of hydrogen-bond donors (Lipinski definition) is 7. The number of esters is 2. The number of methoxy groups -OCH3 is 4. The number of allylic oxidation sites excluding steroid dienone is 2. The van der Waals surface area contributed by atoms with Crippen molar-refractivity contribution in [3.8, 4) is 0 Å². The lowest BCUT2D eigenvalue weighted by Crippen LogP contribution is -2.65. The van der Waals surface area contributed by atoms with Gasteiger partial charge in [-0.1, -0.05) is 58.9 Å². The van der Waals surface area contributed by atoms with Gasteiger partial charge in [0.15, 0.2) is 0 Å². The van der Waals surface area contributed by atoms with E-state index in [-0.39, 0.29) is 29.8 Å². The van der Waals surface area contributed by atoms with Crippen molar-refractivity contribution in [3.63, 3.8) is 0 Å². The van der Waals surface area contributed by atoms with Crippen LogP contribution in [0.3, 0.4) is 0 Å². The molecule has 0 saturated carbocycles. The fraction of sp³-hybridized carbons (Fsp3) is 0.745. The number of rotatable bonds is 20. The first-order chi connectivity index (χ1) is 34.2. The van der Waals surface area contributed by atoms with Gasteiger partial charge in [0.05, 0.1) is 38.3 Å². The van der Waals surface area contributed by atoms with Crippen LogP contribution in [0.5, 0.6) is 0 Å². The van der Waals surface area contributed by atoms with Crippen LogP contribution in [0.25, 0.3) is 0 Å². The number of nitrogens with zero attached hydrogens (tertiary/aromatic N) is 2. The van der Waals surface area contributed by atoms with Gasteiger partial charge in [0.25, 0.3) is 11.8 Å². The quantitative estimate of drug-likeness (QED) is 0.0523. The maximum absolute atomic E-state index is 13.0. The number of ether oxygens (including phenoxy) is 5. The summed E-state index contributed by atoms with van der Waals surface area (Å²) in [6.07, 6.45) is 7.94. The molecule has 2 heterocycles. The molecule has 0 spiro atoms. The second-order valence-corrected chi connectivity index (χ2v) is 20.5. The number of aliphatic carboxylic acids is 1. The van der Waals surface area contributed by atoms with E-state index in [0.29, 0.717) is 38.8 Å². The maximum Gasteiger partial charge on any atom is 0.408 e. The molecular weight excluding hydrogens is 965 g/mol. The summed E-state index contributed by atoms with van der Waals surface area (Å²) in [4.78, 5) is 111. The van der Waals surface area contributed by atoms with Crippen LogP contribution in [0.15, 0.2) is 24.3 Å². The molecule has 23 heteroatoms. The minimum atomic E-state index is -1.01. The normalized spacial score (nSPS) is 21.1. The first-order valence-electron chi connectivity index (χ1n) is 25.0. The van der Waals surface area contributed by atoms with Crippen molar-refractivity contribution in [2.45, 2.75) is 183 Å². The Morgan fingerprint density at radius 3 is 1.26 bits per heavy atom. The Labute approximate surface area is 438 Å². The fourth-order valence-corrected chi connectivity index (χ4v) is 7.63. The molecule has 2 unspecified atom stereocenters. The summed E-state index contributed by atoms with van der Waals surface area (Å²) in [6, 6.07) is -3.43. The zero-order valence-electron chi connectivity index (χ0n) is 47.4. The summed E-state index contributed by atoms with van der Waals surface area (Å²) >= 11 is 0. The number of carbonyl (C=O) groups is 9. The van der Waals surface area contributed by atoms with E-state index >= 15 is 0 Å². The standard InChI is InChI=1S/C23H40N4O6.C20H36N4O6.C8H14O3/c1-9-11-17(32-7)15(4)19(28)25-18(14(2)3)20(29)24-16(5)21(30)27-13-10-12-23(6,26-27)22(31)33-8;1-12(2)14(22-18(28)30-19(4,5)6)15(25)21-13(3)16(26)24-11-9-10-20(7,23-24)17(27)29-8;1-4-5-7(11-3)6(2)8(9)10/h9,11,14-18,26H,10,12-13H2,1-8H3,(H,24,29)(H,25,28);12-14,23H,9-11H2,1-8H3,(H,21,25)(H,22,28);4-7H,1-3H3,(H,9,10)/b11-9+;;5-4+/t15-,16+,17-,18+,23?;13-,14-,20?;6-,7-/m101/s1. The highest BCUT2D eigenvalue weighted by Crippen LogP contribution is 2.22. The highest BCUT2D eigenvalue weighted by atomic mass is 16.6. The fourth-order valence-electron chi connectivity index (χ4n) is 7.63. The molecule has 2 fully saturated rings. The van der Waals surface area contributed by atoms with E-state index in [9.17, 15) is 43.2 Å². The third-order valence-electron chi connectivity index (χ3n) is 12.1. The van der Waals surface area contributed by atoms with Crippen molar-refractivity contribution in [3.05, 3.63) is 24.3 Å². The molecule has 2 saturated heterocycles. The summed E-state index contributed by atoms with van der Waals surface area (Å²) in [5.41, 5.74) is 3.13. The summed E-state index contributed by atoms with van der Waals surface area (Å²) < 4.78 is 25.2. The average molecular weight is 1060 g/mol. The van der Waals surface area contributed by atoms with Gasteiger partial charge in [-0.25, -0.2) is 15.6 Å². The molecule has 10 atom stereocenters. The van der Waals surface area contributed by atoms with Crippen molar-refractivity contribution in [2.75, 3.05) is 41.5 Å². The van der Waals surface area contributed by atoms with Gasteiger partial charge in [0.1, 0.15) is 40.8 Å². The lowest BCUT2D eigenvalue weighted by molar-refractivity contribution is -0.158. The van der Waals surface area contributed by atoms with E-state index in [4.69, 9.17) is 28.8 Å². The lowest BCUT2D eigenvalue weighted by atomic mass is 9.94. The van der Waals surface area contributed by atoms with Crippen LogP contribution in [0.4, 0.5) is 4.79 Å². The number of nitrogens with one attached hydrogen (secondary N) is 6. The predicted molar refractivity (Wildman–Crippen MR) is 276 cm³/mol. The van der Waals surface area contributed by atoms with Gasteiger partial charge in [-0.2, -0.15) is 0 Å². The number of carboxylic acids is 1. The molecule has 2 aliphatic rings. The Morgan fingerprint density at radius 1 is 0.581 bits per heavy atom. The number of amides is 6. The van der Waals surface area contributed by atoms with Crippen LogP contribution in [-0.4, -0.2) is 163 Å². The Hall–Kier alpha value is -5.65. The monoisotopic (exact) mass is 1050 g/mol. The van der Waals surface area contributed by atoms with Crippen LogP contribution >= 0.6 is 0 Å². The summed E-state index contributed by atoms with van der Waals surface area (Å²) in [5.74, 6) is -5.23. The molecule has 0 radical (unpaired) electrons. The Balaban J connectivity index is 0.00000120. The number of hydrazine groups is 2. The van der Waals surface area contributed by atoms with Crippen LogP contribution in [-0.2, 0) is 62.0 Å². The minimum Gasteiger partial charge on any atom is -0.481 e. The number of carbonyl (C=O) groups excluding carboxylic acids is 8. The van der Waals surface area contributed by atoms with Crippen LogP contribution in [0.1, 0.15) is 130 Å². The van der Waals surface area contributed by atoms with Crippen LogP contribution < -0.4 is 32.1 Å². The third kappa shape index (κ3) is 22.1. The smallest absolute Gasteiger partial charge is 0.408 e. The molecular formula is C51H90N8O15. The lowest BCUT2D eigenvalue weighted by Gasteiger charge is -2.40. The second kappa shape index (κ2) is 31.9. The molecule has 6 amide bonds. The first kappa shape index (κ1) is 68.4. The Bertz CT molecular complexity index is 1940. The van der Waals surface area contributed by atoms with Crippen molar-refractivity contribution in [2.24, 2.45) is 23.7 Å². The number of carboxylic acid groups (broad SMARTS) is 1. The van der Waals surface area contributed by atoms with E-state index in [2.05, 4.69) is 32.1 Å². The molecule has 7 N–H and O–H groups in total. The van der Waals surface area contributed by atoms with Gasteiger partial charge in [-0.15, -0.1) is 0 Å². The van der Waals surface area contributed by atoms with Crippen molar-refractivity contribution >= 4 is 53.5 Å². The second-order valence-electron chi connectivity index (χ2n) is 20.5. The molecule has 0 aliphatic carbocycles. The van der Waals surface area contributed by atoms with E-state index < -0.39 is 101 Å². The van der Waals surface area contributed by atoms with E-state index in [1.165, 1.54) is 38.5 Å². The van der Waals surface area contributed by atoms with Gasteiger partial charge in [-0.3, -0.25) is 48.4 Å². The first-order valence-corrected chi connectivity index (χ1v) is 25.0. The highest BCUT2D eigenvalue weighted by Gasteiger charge is 2.43. The molecule has 23 nitrogen and oxygen atoms in total. The van der Waals surface area contributed by atoms with Crippen LogP contribution in [0.2, 0.25) is 0 Å². The minimum absolute atomic E-state index is 0.207. The Morgan fingerprint density at radius 2 is 0.946 bits per heavy atom. The SMILES string of the molecule is C/C=C/[C@@H](OC)[C@@H](C)C(=O)N[C@H](C(=O)N[C@@H](C)C(=O)N1CCCC(C)(C(=O)OC)N1)C(C)C.C/C=C/[C@@H](OC)[C@@H](C)C(=O)O.COC(=O)C1(C)CCCN(C(=O)[C@H](C)NC(=O)[C@@H](NC(=O)OC(C)(C)C)C(C)C)N1. The van der Waals surface area contributed by atoms with Crippen molar-refractivity contribution in [1.29, 1.82) is 0 Å². The molecule has 0 aromatic heterocycles. The molecule has 0 aromatic rings. The molecule has 2 rings (SSSR count). The maximum atomic E-state index is 13.0. The van der Waals surface area contributed by atoms with Gasteiger partial charge < -0.3 is 50.1 Å². The summed E-state index contributed by atoms with van der Waals surface area (Å²) in [5, 5.41) is 21.9. The van der Waals surface area contributed by atoms with E-state index in [1.54, 1.807) is 100 Å². The predicted octanol–water partition coefficient (Wildman–Crippen LogP) is 3.32. The van der Waals surface area contributed by atoms with Gasteiger partial charge in [-0.05, 0) is 107 Å². The Kier molecular flexibility index (Phi) is 29.5. The molecule has 0 aromatic carbocycles. The third-order valence-corrected chi connectivity index (χ3v) is 12.1. The number of hydrogen-bond acceptors (Lipinski definition) is 16. The molecule has 424 valence electrons. The van der Waals surface area contributed by atoms with E-state index in [0.717, 1.165) is 0 Å². The zero-order chi connectivity index (χ0) is 57.5. The molecule has 2 aliphatic heterocycles. The summed E-state index contributed by atoms with van der Waals surface area (Å²) in [6.45, 7) is 26.7. The van der Waals surface area contributed by atoms with Gasteiger partial charge >= 0.3 is 24.0 Å². The van der Waals surface area contributed by atoms with E-state index in [1.807, 2.05) is 27.7 Å². The summed E-state index contributed by atoms with van der Waals surface area (Å²) in [7, 11) is 5.62. The van der Waals surface area contributed by atoms with Crippen molar-refractivity contribution < 1.29 is 71.9 Å².